The molecule has 0 bridgehead atoms. The fraction of sp³-hybridized carbons (Fsp3) is 0.632. The van der Waals surface area contributed by atoms with Crippen molar-refractivity contribution in [2.45, 2.75) is 39.3 Å². The van der Waals surface area contributed by atoms with Gasteiger partial charge in [0.05, 0.1) is 13.2 Å². The summed E-state index contributed by atoms with van der Waals surface area (Å²) in [5, 5.41) is 2.92. The molecule has 1 heterocycles. The molecule has 0 aliphatic carbocycles. The number of nitrogens with one attached hydrogen (secondary N) is 1. The Morgan fingerprint density at radius 1 is 1.23 bits per heavy atom. The molecule has 2 atom stereocenters. The second-order valence-electron chi connectivity index (χ2n) is 7.01. The first-order chi connectivity index (χ1) is 12.4. The average molecular weight is 370 g/mol. The Morgan fingerprint density at radius 2 is 1.92 bits per heavy atom. The number of rotatable bonds is 8. The summed E-state index contributed by atoms with van der Waals surface area (Å²) in [6, 6.07) is 3.46. The lowest BCUT2D eigenvalue weighted by Crippen LogP contribution is -2.50. The van der Waals surface area contributed by atoms with E-state index in [1.807, 2.05) is 0 Å². The molecule has 2 rings (SSSR count). The van der Waals surface area contributed by atoms with Crippen LogP contribution >= 0.6 is 0 Å². The molecule has 1 aliphatic heterocycles. The van der Waals surface area contributed by atoms with Gasteiger partial charge in [-0.2, -0.15) is 0 Å². The Hall–Kier alpha value is -1.73. The van der Waals surface area contributed by atoms with Crippen LogP contribution in [0.3, 0.4) is 0 Å². The van der Waals surface area contributed by atoms with E-state index >= 15 is 0 Å². The molecular weight excluding hydrogens is 342 g/mol. The molecule has 5 nitrogen and oxygen atoms in total. The van der Waals surface area contributed by atoms with E-state index in [1.165, 1.54) is 6.07 Å². The highest BCUT2D eigenvalue weighted by Crippen LogP contribution is 2.17. The zero-order valence-corrected chi connectivity index (χ0v) is 15.6. The van der Waals surface area contributed by atoms with Crippen LogP contribution in [0.1, 0.15) is 27.2 Å². The van der Waals surface area contributed by atoms with Crippen LogP contribution in [0.5, 0.6) is 5.75 Å². The van der Waals surface area contributed by atoms with Crippen LogP contribution in [0.4, 0.5) is 8.78 Å². The molecule has 1 aliphatic rings. The maximum absolute atomic E-state index is 13.2. The third-order valence-electron chi connectivity index (χ3n) is 4.39. The van der Waals surface area contributed by atoms with E-state index in [1.54, 1.807) is 6.92 Å². The van der Waals surface area contributed by atoms with Crippen LogP contribution in [0.2, 0.25) is 0 Å². The fourth-order valence-electron chi connectivity index (χ4n) is 3.02. The number of benzene rings is 1. The second-order valence-corrected chi connectivity index (χ2v) is 7.01. The summed E-state index contributed by atoms with van der Waals surface area (Å²) in [4.78, 5) is 14.7. The quantitative estimate of drug-likeness (QED) is 0.764. The van der Waals surface area contributed by atoms with Crippen molar-refractivity contribution in [1.29, 1.82) is 0 Å². The van der Waals surface area contributed by atoms with Crippen LogP contribution in [0, 0.1) is 17.6 Å². The van der Waals surface area contributed by atoms with Gasteiger partial charge in [0.15, 0.2) is 17.7 Å². The van der Waals surface area contributed by atoms with Gasteiger partial charge in [0, 0.05) is 31.7 Å². The van der Waals surface area contributed by atoms with E-state index in [-0.39, 0.29) is 17.7 Å². The van der Waals surface area contributed by atoms with Crippen molar-refractivity contribution < 1.29 is 23.0 Å². The van der Waals surface area contributed by atoms with Crippen LogP contribution in [-0.2, 0) is 9.53 Å². The molecule has 7 heteroatoms. The first-order valence-electron chi connectivity index (χ1n) is 9.08. The summed E-state index contributed by atoms with van der Waals surface area (Å²) in [5.74, 6) is -1.60. The molecule has 0 spiro atoms. The van der Waals surface area contributed by atoms with Crippen molar-refractivity contribution in [3.63, 3.8) is 0 Å². The number of nitrogens with zero attached hydrogens (tertiary/aromatic N) is 1. The molecule has 0 aromatic heterocycles. The van der Waals surface area contributed by atoms with Crippen molar-refractivity contribution in [3.05, 3.63) is 29.8 Å². The van der Waals surface area contributed by atoms with E-state index < -0.39 is 17.7 Å². The van der Waals surface area contributed by atoms with E-state index in [4.69, 9.17) is 9.47 Å². The summed E-state index contributed by atoms with van der Waals surface area (Å²) >= 11 is 0. The number of amides is 1. The van der Waals surface area contributed by atoms with Gasteiger partial charge in [-0.3, -0.25) is 9.69 Å². The molecule has 26 heavy (non-hydrogen) atoms. The van der Waals surface area contributed by atoms with Gasteiger partial charge in [-0.25, -0.2) is 8.78 Å². The van der Waals surface area contributed by atoms with Gasteiger partial charge in [0.2, 0.25) is 0 Å². The van der Waals surface area contributed by atoms with Gasteiger partial charge < -0.3 is 14.8 Å². The normalized spacial score (nSPS) is 17.8. The Balaban J connectivity index is 1.87. The highest BCUT2D eigenvalue weighted by Gasteiger charge is 2.24. The second kappa shape index (κ2) is 9.83. The molecule has 1 fully saturated rings. The standard InChI is InChI=1S/C19H28F2N2O3/c1-13(2)10-15(23-6-8-25-9-7-23)12-22-19(24)14(3)26-16-4-5-17(20)18(21)11-16/h4-5,11,13-15H,6-10,12H2,1-3H3,(H,22,24). The molecule has 1 amide bonds. The third kappa shape index (κ3) is 6.21. The average Bonchev–Trinajstić information content (AvgIpc) is 2.61. The number of hydrogen-bond acceptors (Lipinski definition) is 4. The molecule has 0 radical (unpaired) electrons. The Kier molecular flexibility index (Phi) is 7.78. The Labute approximate surface area is 153 Å². The highest BCUT2D eigenvalue weighted by atomic mass is 19.2. The number of carbonyl (C=O) groups excluding carboxylic acids is 1. The molecule has 146 valence electrons. The van der Waals surface area contributed by atoms with Crippen molar-refractivity contribution in [2.75, 3.05) is 32.8 Å². The van der Waals surface area contributed by atoms with E-state index in [2.05, 4.69) is 24.1 Å². The van der Waals surface area contributed by atoms with Crippen LogP contribution in [-0.4, -0.2) is 55.8 Å². The summed E-state index contributed by atoms with van der Waals surface area (Å²) in [6.07, 6.45) is 0.169. The van der Waals surface area contributed by atoms with Gasteiger partial charge in [-0.05, 0) is 31.4 Å². The molecule has 1 saturated heterocycles. The summed E-state index contributed by atoms with van der Waals surface area (Å²) in [7, 11) is 0. The van der Waals surface area contributed by atoms with Crippen molar-refractivity contribution in [1.82, 2.24) is 10.2 Å². The maximum atomic E-state index is 13.2. The zero-order chi connectivity index (χ0) is 19.1. The van der Waals surface area contributed by atoms with E-state index in [9.17, 15) is 13.6 Å². The number of carbonyl (C=O) groups is 1. The van der Waals surface area contributed by atoms with Gasteiger partial charge in [-0.15, -0.1) is 0 Å². The summed E-state index contributed by atoms with van der Waals surface area (Å²) in [5.41, 5.74) is 0. The summed E-state index contributed by atoms with van der Waals surface area (Å²) < 4.78 is 37.0. The Bertz CT molecular complexity index is 592. The minimum atomic E-state index is -1.00. The SMILES string of the molecule is CC(C)CC(CNC(=O)C(C)Oc1ccc(F)c(F)c1)N1CCOCC1. The minimum Gasteiger partial charge on any atom is -0.481 e. The maximum Gasteiger partial charge on any atom is 0.260 e. The van der Waals surface area contributed by atoms with Crippen LogP contribution in [0.25, 0.3) is 0 Å². The number of ether oxygens (including phenoxy) is 2. The van der Waals surface area contributed by atoms with Gasteiger partial charge in [0.1, 0.15) is 5.75 Å². The van der Waals surface area contributed by atoms with Crippen molar-refractivity contribution >= 4 is 5.91 Å². The molecule has 0 saturated carbocycles. The molecule has 1 N–H and O–H groups in total. The molecule has 2 unspecified atom stereocenters. The van der Waals surface area contributed by atoms with Gasteiger partial charge in [-0.1, -0.05) is 13.8 Å². The van der Waals surface area contributed by atoms with Crippen molar-refractivity contribution in [2.24, 2.45) is 5.92 Å². The van der Waals surface area contributed by atoms with Gasteiger partial charge in [0.25, 0.3) is 5.91 Å². The van der Waals surface area contributed by atoms with E-state index in [0.29, 0.717) is 25.7 Å². The zero-order valence-electron chi connectivity index (χ0n) is 15.6. The molecular formula is C19H28F2N2O3. The number of morpholine rings is 1. The number of halogens is 2. The third-order valence-corrected chi connectivity index (χ3v) is 4.39. The summed E-state index contributed by atoms with van der Waals surface area (Å²) in [6.45, 7) is 9.54. The highest BCUT2D eigenvalue weighted by molar-refractivity contribution is 5.80. The lowest BCUT2D eigenvalue weighted by Gasteiger charge is -2.35. The molecule has 1 aromatic carbocycles. The molecule has 1 aromatic rings. The largest absolute Gasteiger partial charge is 0.481 e. The predicted octanol–water partition coefficient (Wildman–Crippen LogP) is 2.60. The lowest BCUT2D eigenvalue weighted by atomic mass is 10.0. The van der Waals surface area contributed by atoms with Crippen molar-refractivity contribution in [3.8, 4) is 5.75 Å². The lowest BCUT2D eigenvalue weighted by molar-refractivity contribution is -0.127. The predicted molar refractivity (Wildman–Crippen MR) is 95.1 cm³/mol. The number of hydrogen-bond donors (Lipinski definition) is 1. The van der Waals surface area contributed by atoms with Crippen LogP contribution < -0.4 is 10.1 Å². The Morgan fingerprint density at radius 3 is 2.54 bits per heavy atom. The first-order valence-corrected chi connectivity index (χ1v) is 9.08. The monoisotopic (exact) mass is 370 g/mol. The minimum absolute atomic E-state index is 0.124. The first kappa shape index (κ1) is 20.6. The topological polar surface area (TPSA) is 50.8 Å². The smallest absolute Gasteiger partial charge is 0.260 e. The van der Waals surface area contributed by atoms with Gasteiger partial charge >= 0.3 is 0 Å². The van der Waals surface area contributed by atoms with Crippen LogP contribution in [0.15, 0.2) is 18.2 Å². The van der Waals surface area contributed by atoms with E-state index in [0.717, 1.165) is 31.6 Å². The fourth-order valence-corrected chi connectivity index (χ4v) is 3.02.